The third-order valence-corrected chi connectivity index (χ3v) is 5.39. The number of nitrogens with one attached hydrogen (secondary N) is 1. The number of pyridine rings is 1. The van der Waals surface area contributed by atoms with Crippen molar-refractivity contribution < 1.29 is 9.15 Å². The Morgan fingerprint density at radius 1 is 0.871 bits per heavy atom. The summed E-state index contributed by atoms with van der Waals surface area (Å²) in [5.74, 6) is 1.05. The number of hydrogen-bond donors (Lipinski definition) is 1. The molecule has 1 N–H and O–H groups in total. The van der Waals surface area contributed by atoms with E-state index in [1.807, 2.05) is 48.5 Å². The maximum absolute atomic E-state index is 12.7. The van der Waals surface area contributed by atoms with Gasteiger partial charge in [0.05, 0.1) is 11.1 Å². The molecule has 0 aliphatic heterocycles. The van der Waals surface area contributed by atoms with Gasteiger partial charge in [0.1, 0.15) is 23.7 Å². The van der Waals surface area contributed by atoms with Crippen molar-refractivity contribution in [3.63, 3.8) is 0 Å². The van der Waals surface area contributed by atoms with Gasteiger partial charge in [-0.1, -0.05) is 42.5 Å². The molecule has 152 valence electrons. The van der Waals surface area contributed by atoms with E-state index >= 15 is 0 Å². The Bertz CT molecular complexity index is 1530. The van der Waals surface area contributed by atoms with Gasteiger partial charge in [0.2, 0.25) is 0 Å². The smallest absolute Gasteiger partial charge is 0.193 e. The highest BCUT2D eigenvalue weighted by Gasteiger charge is 2.11. The Morgan fingerprint density at radius 2 is 1.65 bits per heavy atom. The van der Waals surface area contributed by atoms with Crippen molar-refractivity contribution in [2.75, 3.05) is 0 Å². The van der Waals surface area contributed by atoms with Crippen molar-refractivity contribution in [2.24, 2.45) is 0 Å². The van der Waals surface area contributed by atoms with E-state index in [0.29, 0.717) is 39.1 Å². The van der Waals surface area contributed by atoms with Crippen LogP contribution < -0.4 is 15.6 Å². The first kappa shape index (κ1) is 18.9. The molecule has 5 aromatic rings. The molecule has 0 atom stereocenters. The Morgan fingerprint density at radius 3 is 2.48 bits per heavy atom. The van der Waals surface area contributed by atoms with E-state index in [0.717, 1.165) is 11.1 Å². The highest BCUT2D eigenvalue weighted by molar-refractivity contribution is 5.80. The predicted molar refractivity (Wildman–Crippen MR) is 122 cm³/mol. The van der Waals surface area contributed by atoms with Crippen LogP contribution in [-0.4, -0.2) is 4.98 Å². The Hall–Kier alpha value is -4.12. The topological polar surface area (TPSA) is 72.3 Å². The van der Waals surface area contributed by atoms with E-state index in [1.54, 1.807) is 31.2 Å². The van der Waals surface area contributed by atoms with Crippen LogP contribution >= 0.6 is 0 Å². The first-order chi connectivity index (χ1) is 15.1. The molecule has 2 heterocycles. The number of H-pyrrole nitrogens is 1. The zero-order valence-electron chi connectivity index (χ0n) is 16.8. The number of aromatic amines is 1. The van der Waals surface area contributed by atoms with Crippen LogP contribution in [0.25, 0.3) is 33.2 Å². The molecule has 0 aliphatic carbocycles. The number of aromatic nitrogens is 1. The van der Waals surface area contributed by atoms with Crippen LogP contribution in [0.5, 0.6) is 5.75 Å². The van der Waals surface area contributed by atoms with Crippen molar-refractivity contribution >= 4 is 21.9 Å². The van der Waals surface area contributed by atoms with Gasteiger partial charge in [-0.2, -0.15) is 0 Å². The van der Waals surface area contributed by atoms with Gasteiger partial charge in [-0.05, 0) is 37.3 Å². The van der Waals surface area contributed by atoms with Gasteiger partial charge < -0.3 is 14.1 Å². The normalized spacial score (nSPS) is 11.1. The lowest BCUT2D eigenvalue weighted by molar-refractivity contribution is 0.301. The van der Waals surface area contributed by atoms with Crippen LogP contribution in [0.4, 0.5) is 0 Å². The highest BCUT2D eigenvalue weighted by Crippen LogP contribution is 2.25. The van der Waals surface area contributed by atoms with E-state index < -0.39 is 0 Å². The minimum atomic E-state index is -0.138. The maximum Gasteiger partial charge on any atom is 0.193 e. The molecule has 5 heteroatoms. The van der Waals surface area contributed by atoms with Crippen molar-refractivity contribution in [1.29, 1.82) is 0 Å². The summed E-state index contributed by atoms with van der Waals surface area (Å²) >= 11 is 0. The van der Waals surface area contributed by atoms with Gasteiger partial charge in [0, 0.05) is 28.1 Å². The predicted octanol–water partition coefficient (Wildman–Crippen LogP) is 5.19. The third-order valence-electron chi connectivity index (χ3n) is 5.39. The summed E-state index contributed by atoms with van der Waals surface area (Å²) in [6.07, 6.45) is 0. The minimum absolute atomic E-state index is 0.0134. The van der Waals surface area contributed by atoms with Gasteiger partial charge in [-0.25, -0.2) is 0 Å². The standard InChI is InChI=1S/C26H19NO4/c1-16-22(27-21-10-6-5-9-19(21)26(16)29)15-30-18-11-12-24-20(13-18)23(28)14-25(31-24)17-7-3-2-4-8-17/h2-14H,15H2,1H3,(H,27,29). The molecular formula is C26H19NO4. The summed E-state index contributed by atoms with van der Waals surface area (Å²) in [5, 5.41) is 1.10. The summed E-state index contributed by atoms with van der Waals surface area (Å²) < 4.78 is 11.8. The molecule has 3 aromatic carbocycles. The average molecular weight is 409 g/mol. The Kier molecular flexibility index (Phi) is 4.64. The molecule has 0 unspecified atom stereocenters. The van der Waals surface area contributed by atoms with Crippen LogP contribution in [0.2, 0.25) is 0 Å². The summed E-state index contributed by atoms with van der Waals surface area (Å²) in [4.78, 5) is 28.6. The van der Waals surface area contributed by atoms with Gasteiger partial charge in [0.15, 0.2) is 10.9 Å². The van der Waals surface area contributed by atoms with Gasteiger partial charge >= 0.3 is 0 Å². The van der Waals surface area contributed by atoms with Crippen LogP contribution in [-0.2, 0) is 6.61 Å². The zero-order chi connectivity index (χ0) is 21.4. The van der Waals surface area contributed by atoms with E-state index in [1.165, 1.54) is 6.07 Å². The molecule has 31 heavy (non-hydrogen) atoms. The molecule has 5 rings (SSSR count). The van der Waals surface area contributed by atoms with E-state index in [9.17, 15) is 9.59 Å². The molecule has 0 amide bonds. The molecular weight excluding hydrogens is 390 g/mol. The lowest BCUT2D eigenvalue weighted by Gasteiger charge is -2.11. The summed E-state index contributed by atoms with van der Waals surface area (Å²) in [6.45, 7) is 1.97. The minimum Gasteiger partial charge on any atom is -0.487 e. The van der Waals surface area contributed by atoms with Crippen LogP contribution in [0.3, 0.4) is 0 Å². The number of ether oxygens (including phenoxy) is 1. The molecule has 5 nitrogen and oxygen atoms in total. The molecule has 0 saturated heterocycles. The second-order valence-electron chi connectivity index (χ2n) is 7.39. The van der Waals surface area contributed by atoms with Gasteiger partial charge in [0.25, 0.3) is 0 Å². The molecule has 0 saturated carbocycles. The fraction of sp³-hybridized carbons (Fsp3) is 0.0769. The lowest BCUT2D eigenvalue weighted by atomic mass is 10.1. The van der Waals surface area contributed by atoms with Crippen molar-refractivity contribution in [3.8, 4) is 17.1 Å². The number of benzene rings is 3. The number of fused-ring (bicyclic) bond motifs is 2. The Balaban J connectivity index is 1.46. The monoisotopic (exact) mass is 409 g/mol. The zero-order valence-corrected chi connectivity index (χ0v) is 16.8. The van der Waals surface area contributed by atoms with E-state index in [4.69, 9.17) is 9.15 Å². The van der Waals surface area contributed by atoms with Crippen LogP contribution in [0.1, 0.15) is 11.3 Å². The molecule has 0 spiro atoms. The first-order valence-electron chi connectivity index (χ1n) is 9.97. The van der Waals surface area contributed by atoms with Gasteiger partial charge in [-0.15, -0.1) is 0 Å². The number of hydrogen-bond acceptors (Lipinski definition) is 4. The quantitative estimate of drug-likeness (QED) is 0.443. The maximum atomic E-state index is 12.7. The number of rotatable bonds is 4. The van der Waals surface area contributed by atoms with Gasteiger partial charge in [-0.3, -0.25) is 9.59 Å². The third kappa shape index (κ3) is 3.51. The molecule has 0 aliphatic rings. The summed E-state index contributed by atoms with van der Waals surface area (Å²) in [7, 11) is 0. The fourth-order valence-electron chi connectivity index (χ4n) is 3.66. The molecule has 0 radical (unpaired) electrons. The molecule has 0 bridgehead atoms. The first-order valence-corrected chi connectivity index (χ1v) is 9.97. The second kappa shape index (κ2) is 7.61. The molecule has 2 aromatic heterocycles. The van der Waals surface area contributed by atoms with Crippen LogP contribution in [0.15, 0.2) is 92.9 Å². The SMILES string of the molecule is Cc1c(COc2ccc3oc(-c4ccccc4)cc(=O)c3c2)[nH]c2ccccc2c1=O. The second-order valence-corrected chi connectivity index (χ2v) is 7.39. The highest BCUT2D eigenvalue weighted by atomic mass is 16.5. The number of para-hydroxylation sites is 1. The van der Waals surface area contributed by atoms with E-state index in [-0.39, 0.29) is 17.5 Å². The summed E-state index contributed by atoms with van der Waals surface area (Å²) in [5.41, 5.74) is 3.28. The van der Waals surface area contributed by atoms with Crippen LogP contribution in [0, 0.1) is 6.92 Å². The Labute approximate surface area is 177 Å². The summed E-state index contributed by atoms with van der Waals surface area (Å²) in [6, 6.07) is 23.6. The average Bonchev–Trinajstić information content (AvgIpc) is 2.81. The largest absolute Gasteiger partial charge is 0.487 e. The van der Waals surface area contributed by atoms with Crippen molar-refractivity contribution in [2.45, 2.75) is 13.5 Å². The van der Waals surface area contributed by atoms with Crippen molar-refractivity contribution in [1.82, 2.24) is 4.98 Å². The van der Waals surface area contributed by atoms with Crippen molar-refractivity contribution in [3.05, 3.63) is 111 Å². The lowest BCUT2D eigenvalue weighted by Crippen LogP contribution is -2.13. The molecule has 0 fully saturated rings. The fourth-order valence-corrected chi connectivity index (χ4v) is 3.66. The van der Waals surface area contributed by atoms with E-state index in [2.05, 4.69) is 4.98 Å².